The lowest BCUT2D eigenvalue weighted by Gasteiger charge is -2.30. The maximum atomic E-state index is 11.0. The lowest BCUT2D eigenvalue weighted by molar-refractivity contribution is -0.143. The number of hydrogen-bond donors (Lipinski definition) is 2. The highest BCUT2D eigenvalue weighted by Gasteiger charge is 2.25. The van der Waals surface area contributed by atoms with Crippen LogP contribution in [-0.4, -0.2) is 48.0 Å². The molecular weight excluding hydrogens is 278 g/mol. The Morgan fingerprint density at radius 1 is 1.32 bits per heavy atom. The molecule has 0 aromatic heterocycles. The molecule has 1 aromatic rings. The van der Waals surface area contributed by atoms with E-state index in [-0.39, 0.29) is 5.92 Å². The zero-order chi connectivity index (χ0) is 15.4. The molecule has 1 aromatic carbocycles. The summed E-state index contributed by atoms with van der Waals surface area (Å²) >= 11 is 0. The van der Waals surface area contributed by atoms with Gasteiger partial charge in [-0.2, -0.15) is 0 Å². The molecule has 5 heteroatoms. The number of piperidine rings is 1. The molecule has 1 fully saturated rings. The first-order valence-corrected chi connectivity index (χ1v) is 8.06. The van der Waals surface area contributed by atoms with E-state index in [1.54, 1.807) is 0 Å². The van der Waals surface area contributed by atoms with Crippen molar-refractivity contribution < 1.29 is 9.90 Å². The molecule has 2 N–H and O–H groups in total. The van der Waals surface area contributed by atoms with Gasteiger partial charge in [0, 0.05) is 25.2 Å². The topological polar surface area (TPSA) is 64.9 Å². The molecular formula is C17H23N3O2. The van der Waals surface area contributed by atoms with Crippen LogP contribution in [0.3, 0.4) is 0 Å². The fraction of sp³-hybridized carbons (Fsp3) is 0.529. The number of likely N-dealkylation sites (tertiary alicyclic amines) is 1. The van der Waals surface area contributed by atoms with E-state index in [1.807, 2.05) is 6.07 Å². The average Bonchev–Trinajstić information content (AvgIpc) is 2.57. The molecule has 22 heavy (non-hydrogen) atoms. The third-order valence-corrected chi connectivity index (χ3v) is 4.50. The van der Waals surface area contributed by atoms with Gasteiger partial charge in [-0.05, 0) is 37.9 Å². The summed E-state index contributed by atoms with van der Waals surface area (Å²) in [4.78, 5) is 18.0. The quantitative estimate of drug-likeness (QED) is 0.889. The molecule has 2 heterocycles. The van der Waals surface area contributed by atoms with Crippen LogP contribution in [-0.2, 0) is 11.3 Å². The molecule has 1 saturated heterocycles. The van der Waals surface area contributed by atoms with Gasteiger partial charge in [0.2, 0.25) is 0 Å². The zero-order valence-electron chi connectivity index (χ0n) is 12.8. The van der Waals surface area contributed by atoms with E-state index in [9.17, 15) is 4.79 Å². The third-order valence-electron chi connectivity index (χ3n) is 4.50. The molecule has 3 rings (SSSR count). The smallest absolute Gasteiger partial charge is 0.306 e. The molecule has 0 spiro atoms. The highest BCUT2D eigenvalue weighted by Crippen LogP contribution is 2.21. The predicted octanol–water partition coefficient (Wildman–Crippen LogP) is 1.72. The second-order valence-electron chi connectivity index (χ2n) is 6.06. The van der Waals surface area contributed by atoms with Crippen LogP contribution < -0.4 is 5.32 Å². The molecule has 5 nitrogen and oxygen atoms in total. The van der Waals surface area contributed by atoms with Crippen LogP contribution in [0.1, 0.15) is 30.4 Å². The normalized spacial score (nSPS) is 20.3. The third kappa shape index (κ3) is 3.47. The van der Waals surface area contributed by atoms with E-state index in [0.717, 1.165) is 57.8 Å². The Bertz CT molecular complexity index is 563. The summed E-state index contributed by atoms with van der Waals surface area (Å²) in [6.07, 6.45) is 2.59. The van der Waals surface area contributed by atoms with Crippen LogP contribution in [0.15, 0.2) is 29.3 Å². The van der Waals surface area contributed by atoms with Crippen LogP contribution in [0.4, 0.5) is 0 Å². The summed E-state index contributed by atoms with van der Waals surface area (Å²) in [6, 6.07) is 8.38. The molecule has 2 aliphatic rings. The number of amidine groups is 1. The number of carbonyl (C=O) groups is 1. The fourth-order valence-electron chi connectivity index (χ4n) is 3.18. The van der Waals surface area contributed by atoms with Crippen LogP contribution in [0.2, 0.25) is 0 Å². The van der Waals surface area contributed by atoms with Gasteiger partial charge in [0.25, 0.3) is 0 Å². The molecule has 0 aliphatic carbocycles. The van der Waals surface area contributed by atoms with Gasteiger partial charge in [-0.3, -0.25) is 14.7 Å². The molecule has 2 aliphatic heterocycles. The summed E-state index contributed by atoms with van der Waals surface area (Å²) in [5.41, 5.74) is 2.45. The van der Waals surface area contributed by atoms with Crippen molar-refractivity contribution in [1.82, 2.24) is 10.2 Å². The summed E-state index contributed by atoms with van der Waals surface area (Å²) in [7, 11) is 0. The SMILES string of the molecule is O=C(O)C1CCN(Cc2ccccc2C2=NCCCN2)CC1. The number of benzene rings is 1. The van der Waals surface area contributed by atoms with Crippen LogP contribution in [0.25, 0.3) is 0 Å². The molecule has 0 bridgehead atoms. The summed E-state index contributed by atoms with van der Waals surface area (Å²) in [5.74, 6) is 0.180. The first kappa shape index (κ1) is 15.0. The lowest BCUT2D eigenvalue weighted by atomic mass is 9.96. The lowest BCUT2D eigenvalue weighted by Crippen LogP contribution is -2.37. The average molecular weight is 301 g/mol. The van der Waals surface area contributed by atoms with Crippen molar-refractivity contribution in [2.24, 2.45) is 10.9 Å². The second kappa shape index (κ2) is 6.92. The van der Waals surface area contributed by atoms with Crippen LogP contribution in [0, 0.1) is 5.92 Å². The Morgan fingerprint density at radius 3 is 2.77 bits per heavy atom. The van der Waals surface area contributed by atoms with Crippen molar-refractivity contribution in [2.45, 2.75) is 25.8 Å². The van der Waals surface area contributed by atoms with E-state index in [4.69, 9.17) is 5.11 Å². The molecule has 0 radical (unpaired) electrons. The van der Waals surface area contributed by atoms with Gasteiger partial charge in [0.05, 0.1) is 5.92 Å². The minimum Gasteiger partial charge on any atom is -0.481 e. The highest BCUT2D eigenvalue weighted by molar-refractivity contribution is 6.00. The second-order valence-corrected chi connectivity index (χ2v) is 6.06. The molecule has 0 saturated carbocycles. The summed E-state index contributed by atoms with van der Waals surface area (Å²) in [5, 5.41) is 12.5. The van der Waals surface area contributed by atoms with Crippen LogP contribution >= 0.6 is 0 Å². The Balaban J connectivity index is 1.68. The predicted molar refractivity (Wildman–Crippen MR) is 86.1 cm³/mol. The number of aliphatic imine (C=N–C) groups is 1. The van der Waals surface area contributed by atoms with E-state index in [0.29, 0.717) is 0 Å². The summed E-state index contributed by atoms with van der Waals surface area (Å²) in [6.45, 7) is 4.44. The molecule has 0 unspecified atom stereocenters. The Hall–Kier alpha value is -1.88. The monoisotopic (exact) mass is 301 g/mol. The Morgan fingerprint density at radius 2 is 2.09 bits per heavy atom. The van der Waals surface area contributed by atoms with Crippen molar-refractivity contribution in [1.29, 1.82) is 0 Å². The zero-order valence-corrected chi connectivity index (χ0v) is 12.8. The standard InChI is InChI=1S/C17H23N3O2/c21-17(22)13-6-10-20(11-7-13)12-14-4-1-2-5-15(14)16-18-8-3-9-19-16/h1-2,4-5,13H,3,6-12H2,(H,18,19)(H,21,22). The first-order valence-electron chi connectivity index (χ1n) is 8.06. The number of nitrogens with one attached hydrogen (secondary N) is 1. The maximum Gasteiger partial charge on any atom is 0.306 e. The van der Waals surface area contributed by atoms with Crippen molar-refractivity contribution in [3.05, 3.63) is 35.4 Å². The van der Waals surface area contributed by atoms with Gasteiger partial charge >= 0.3 is 5.97 Å². The number of hydrogen-bond acceptors (Lipinski definition) is 4. The van der Waals surface area contributed by atoms with Crippen molar-refractivity contribution in [3.63, 3.8) is 0 Å². The van der Waals surface area contributed by atoms with Crippen molar-refractivity contribution in [2.75, 3.05) is 26.2 Å². The van der Waals surface area contributed by atoms with Crippen molar-refractivity contribution >= 4 is 11.8 Å². The van der Waals surface area contributed by atoms with Gasteiger partial charge in [-0.25, -0.2) is 0 Å². The van der Waals surface area contributed by atoms with Gasteiger partial charge in [0.1, 0.15) is 5.84 Å². The van der Waals surface area contributed by atoms with E-state index in [1.165, 1.54) is 11.1 Å². The van der Waals surface area contributed by atoms with Gasteiger partial charge in [-0.15, -0.1) is 0 Å². The Kier molecular flexibility index (Phi) is 4.73. The van der Waals surface area contributed by atoms with Crippen LogP contribution in [0.5, 0.6) is 0 Å². The number of carboxylic acids is 1. The molecule has 118 valence electrons. The molecule has 0 amide bonds. The first-order chi connectivity index (χ1) is 10.7. The van der Waals surface area contributed by atoms with Gasteiger partial charge in [0.15, 0.2) is 0 Å². The van der Waals surface area contributed by atoms with Gasteiger partial charge in [-0.1, -0.05) is 24.3 Å². The largest absolute Gasteiger partial charge is 0.481 e. The summed E-state index contributed by atoms with van der Waals surface area (Å²) < 4.78 is 0. The Labute approximate surface area is 131 Å². The van der Waals surface area contributed by atoms with Crippen molar-refractivity contribution in [3.8, 4) is 0 Å². The van der Waals surface area contributed by atoms with E-state index in [2.05, 4.69) is 33.4 Å². The minimum absolute atomic E-state index is 0.170. The number of nitrogens with zero attached hydrogens (tertiary/aromatic N) is 2. The minimum atomic E-state index is -0.652. The number of carboxylic acid groups (broad SMARTS) is 1. The number of rotatable bonds is 4. The van der Waals surface area contributed by atoms with E-state index >= 15 is 0 Å². The number of aliphatic carboxylic acids is 1. The highest BCUT2D eigenvalue weighted by atomic mass is 16.4. The maximum absolute atomic E-state index is 11.0. The van der Waals surface area contributed by atoms with Gasteiger partial charge < -0.3 is 10.4 Å². The molecule has 0 atom stereocenters. The fourth-order valence-corrected chi connectivity index (χ4v) is 3.18. The van der Waals surface area contributed by atoms with E-state index < -0.39 is 5.97 Å².